The fourth-order valence-corrected chi connectivity index (χ4v) is 3.82. The maximum absolute atomic E-state index is 12.6. The number of hydrogen-bond acceptors (Lipinski definition) is 3. The molecule has 2 aliphatic rings. The SMILES string of the molecule is CC12CCC(C(=Cc3ccccc3)C1=O)C2(C)C.O=S([O-])O. The van der Waals surface area contributed by atoms with Gasteiger partial charge in [0, 0.05) is 5.41 Å². The molecule has 0 aliphatic heterocycles. The Kier molecular flexibility index (Phi) is 4.70. The first-order valence-electron chi connectivity index (χ1n) is 7.30. The Morgan fingerprint density at radius 1 is 1.27 bits per heavy atom. The van der Waals surface area contributed by atoms with E-state index >= 15 is 0 Å². The number of Topliss-reactive ketones (excluding diaryl/α,β-unsaturated/α-hetero) is 1. The molecule has 120 valence electrons. The second kappa shape index (κ2) is 6.07. The van der Waals surface area contributed by atoms with Gasteiger partial charge >= 0.3 is 0 Å². The van der Waals surface area contributed by atoms with E-state index in [1.54, 1.807) is 0 Å². The zero-order valence-corrected chi connectivity index (χ0v) is 13.9. The fourth-order valence-electron chi connectivity index (χ4n) is 3.82. The quantitative estimate of drug-likeness (QED) is 0.635. The first kappa shape index (κ1) is 17.1. The van der Waals surface area contributed by atoms with Gasteiger partial charge in [0.25, 0.3) is 0 Å². The maximum Gasteiger partial charge on any atom is 0.165 e. The summed E-state index contributed by atoms with van der Waals surface area (Å²) in [5.41, 5.74) is 2.18. The summed E-state index contributed by atoms with van der Waals surface area (Å²) in [5, 5.41) is 0. The summed E-state index contributed by atoms with van der Waals surface area (Å²) in [6.45, 7) is 6.67. The van der Waals surface area contributed by atoms with Crippen LogP contribution in [0, 0.1) is 16.7 Å². The van der Waals surface area contributed by atoms with Crippen molar-refractivity contribution in [3.63, 3.8) is 0 Å². The Bertz CT molecular complexity index is 617. The minimum absolute atomic E-state index is 0.116. The molecule has 2 fully saturated rings. The Morgan fingerprint density at radius 3 is 2.27 bits per heavy atom. The molecule has 0 spiro atoms. The Balaban J connectivity index is 0.000000396. The molecule has 5 heteroatoms. The lowest BCUT2D eigenvalue weighted by atomic mass is 9.70. The molecule has 3 atom stereocenters. The summed E-state index contributed by atoms with van der Waals surface area (Å²) in [4.78, 5) is 12.6. The first-order valence-corrected chi connectivity index (χ1v) is 8.33. The predicted molar refractivity (Wildman–Crippen MR) is 85.6 cm³/mol. The van der Waals surface area contributed by atoms with E-state index in [4.69, 9.17) is 13.3 Å². The molecule has 4 nitrogen and oxygen atoms in total. The summed E-state index contributed by atoms with van der Waals surface area (Å²) < 4.78 is 24.1. The third kappa shape index (κ3) is 2.81. The van der Waals surface area contributed by atoms with Crippen LogP contribution in [0.3, 0.4) is 0 Å². The number of carbonyl (C=O) groups excluding carboxylic acids is 1. The van der Waals surface area contributed by atoms with Crippen LogP contribution in [0.5, 0.6) is 0 Å². The largest absolute Gasteiger partial charge is 0.750 e. The molecule has 2 saturated carbocycles. The van der Waals surface area contributed by atoms with Crippen molar-refractivity contribution in [2.75, 3.05) is 0 Å². The van der Waals surface area contributed by atoms with Crippen LogP contribution in [-0.4, -0.2) is 19.1 Å². The molecular formula is C17H21O4S-. The van der Waals surface area contributed by atoms with Gasteiger partial charge in [-0.25, -0.2) is 4.21 Å². The number of rotatable bonds is 1. The highest BCUT2D eigenvalue weighted by molar-refractivity contribution is 7.73. The van der Waals surface area contributed by atoms with Gasteiger partial charge in [0.05, 0.1) is 11.4 Å². The summed E-state index contributed by atoms with van der Waals surface area (Å²) in [6, 6.07) is 10.2. The molecule has 3 rings (SSSR count). The van der Waals surface area contributed by atoms with Gasteiger partial charge in [-0.2, -0.15) is 0 Å². The number of benzene rings is 1. The highest BCUT2D eigenvalue weighted by Gasteiger charge is 2.63. The van der Waals surface area contributed by atoms with E-state index in [1.807, 2.05) is 18.2 Å². The minimum Gasteiger partial charge on any atom is -0.750 e. The first-order chi connectivity index (χ1) is 10.2. The predicted octanol–water partition coefficient (Wildman–Crippen LogP) is 3.43. The smallest absolute Gasteiger partial charge is 0.165 e. The van der Waals surface area contributed by atoms with Gasteiger partial charge in [0.15, 0.2) is 5.78 Å². The molecule has 2 bridgehead atoms. The second-order valence-electron chi connectivity index (χ2n) is 6.70. The third-order valence-corrected chi connectivity index (χ3v) is 5.49. The zero-order chi connectivity index (χ0) is 16.5. The maximum atomic E-state index is 12.6. The van der Waals surface area contributed by atoms with Crippen LogP contribution >= 0.6 is 0 Å². The standard InChI is InChI=1S/C17H20O.H2O3S/c1-16(2)14-9-10-17(16,3)15(18)13(14)11-12-7-5-4-6-8-12;1-4(2)3/h4-8,11,14H,9-10H2,1-3H3;(H2,1,2,3)/p-1. The average Bonchev–Trinajstić information content (AvgIpc) is 2.74. The van der Waals surface area contributed by atoms with Gasteiger partial charge in [-0.1, -0.05) is 51.1 Å². The lowest BCUT2D eigenvalue weighted by molar-refractivity contribution is -0.125. The molecule has 3 unspecified atom stereocenters. The Morgan fingerprint density at radius 2 is 1.82 bits per heavy atom. The monoisotopic (exact) mass is 321 g/mol. The van der Waals surface area contributed by atoms with Crippen molar-refractivity contribution in [3.8, 4) is 0 Å². The van der Waals surface area contributed by atoms with Gasteiger partial charge in [0.1, 0.15) is 0 Å². The van der Waals surface area contributed by atoms with Gasteiger partial charge in [-0.3, -0.25) is 4.79 Å². The van der Waals surface area contributed by atoms with E-state index < -0.39 is 11.4 Å². The Hall–Kier alpha value is -1.30. The van der Waals surface area contributed by atoms with Crippen LogP contribution in [0.25, 0.3) is 6.08 Å². The molecule has 1 aromatic rings. The van der Waals surface area contributed by atoms with E-state index in [9.17, 15) is 4.79 Å². The summed E-state index contributed by atoms with van der Waals surface area (Å²) >= 11 is -2.86. The Labute approximate surface area is 133 Å². The molecule has 22 heavy (non-hydrogen) atoms. The lowest BCUT2D eigenvalue weighted by Gasteiger charge is -2.31. The van der Waals surface area contributed by atoms with Crippen molar-refractivity contribution in [1.82, 2.24) is 0 Å². The second-order valence-corrected chi connectivity index (χ2v) is 7.14. The molecule has 0 amide bonds. The van der Waals surface area contributed by atoms with Crippen molar-refractivity contribution in [1.29, 1.82) is 0 Å². The topological polar surface area (TPSA) is 77.4 Å². The molecule has 0 saturated heterocycles. The van der Waals surface area contributed by atoms with Gasteiger partial charge in [-0.05, 0) is 41.4 Å². The van der Waals surface area contributed by atoms with Crippen LogP contribution in [0.15, 0.2) is 35.9 Å². The van der Waals surface area contributed by atoms with E-state index in [2.05, 4.69) is 39.0 Å². The number of allylic oxidation sites excluding steroid dienone is 1. The number of hydrogen-bond donors (Lipinski definition) is 1. The van der Waals surface area contributed by atoms with Gasteiger partial charge < -0.3 is 9.11 Å². The fraction of sp³-hybridized carbons (Fsp3) is 0.471. The molecule has 1 N–H and O–H groups in total. The van der Waals surface area contributed by atoms with Crippen LogP contribution in [0.4, 0.5) is 0 Å². The highest BCUT2D eigenvalue weighted by atomic mass is 32.2. The molecule has 0 heterocycles. The van der Waals surface area contributed by atoms with Crippen molar-refractivity contribution in [3.05, 3.63) is 41.5 Å². The van der Waals surface area contributed by atoms with E-state index in [1.165, 1.54) is 0 Å². The van der Waals surface area contributed by atoms with Gasteiger partial charge in [-0.15, -0.1) is 0 Å². The summed E-state index contributed by atoms with van der Waals surface area (Å²) in [7, 11) is 0. The summed E-state index contributed by atoms with van der Waals surface area (Å²) in [6.07, 6.45) is 4.32. The zero-order valence-electron chi connectivity index (χ0n) is 13.0. The van der Waals surface area contributed by atoms with E-state index in [0.29, 0.717) is 11.7 Å². The van der Waals surface area contributed by atoms with Crippen molar-refractivity contribution in [2.24, 2.45) is 16.7 Å². The van der Waals surface area contributed by atoms with Crippen molar-refractivity contribution >= 4 is 23.2 Å². The van der Waals surface area contributed by atoms with Crippen LogP contribution in [0.1, 0.15) is 39.2 Å². The lowest BCUT2D eigenvalue weighted by Crippen LogP contribution is -2.32. The van der Waals surface area contributed by atoms with E-state index in [0.717, 1.165) is 24.0 Å². The number of fused-ring (bicyclic) bond motifs is 2. The summed E-state index contributed by atoms with van der Waals surface area (Å²) in [5.74, 6) is 0.822. The van der Waals surface area contributed by atoms with Crippen molar-refractivity contribution in [2.45, 2.75) is 33.6 Å². The number of carbonyl (C=O) groups is 1. The molecular weight excluding hydrogens is 300 g/mol. The molecule has 2 aliphatic carbocycles. The molecule has 1 aromatic carbocycles. The van der Waals surface area contributed by atoms with Crippen LogP contribution in [-0.2, 0) is 16.2 Å². The van der Waals surface area contributed by atoms with Crippen LogP contribution in [0.2, 0.25) is 0 Å². The highest BCUT2D eigenvalue weighted by Crippen LogP contribution is 2.65. The molecule has 0 aromatic heterocycles. The molecule has 0 radical (unpaired) electrons. The number of ketones is 1. The van der Waals surface area contributed by atoms with E-state index in [-0.39, 0.29) is 10.8 Å². The third-order valence-electron chi connectivity index (χ3n) is 5.49. The minimum atomic E-state index is -2.86. The normalized spacial score (nSPS) is 31.8. The van der Waals surface area contributed by atoms with Gasteiger partial charge in [0.2, 0.25) is 0 Å². The van der Waals surface area contributed by atoms with Crippen LogP contribution < -0.4 is 0 Å². The average molecular weight is 321 g/mol. The van der Waals surface area contributed by atoms with Crippen molar-refractivity contribution < 1.29 is 18.1 Å².